The zero-order valence-corrected chi connectivity index (χ0v) is 11.9. The molecule has 114 valence electrons. The monoisotopic (exact) mass is 300 g/mol. The molecule has 0 unspecified atom stereocenters. The van der Waals surface area contributed by atoms with Gasteiger partial charge in [-0.25, -0.2) is 4.98 Å². The molecule has 0 fully saturated rings. The number of halogens is 3. The van der Waals surface area contributed by atoms with Gasteiger partial charge < -0.3 is 4.57 Å². The second-order valence-electron chi connectivity index (χ2n) is 4.80. The van der Waals surface area contributed by atoms with Gasteiger partial charge in [0.05, 0.1) is 11.3 Å². The first-order chi connectivity index (χ1) is 9.71. The highest BCUT2D eigenvalue weighted by molar-refractivity contribution is 6.02. The van der Waals surface area contributed by atoms with Gasteiger partial charge >= 0.3 is 6.18 Å². The smallest absolute Gasteiger partial charge is 0.338 e. The Morgan fingerprint density at radius 1 is 1.33 bits per heavy atom. The van der Waals surface area contributed by atoms with Gasteiger partial charge in [-0.2, -0.15) is 18.3 Å². The summed E-state index contributed by atoms with van der Waals surface area (Å²) < 4.78 is 40.9. The van der Waals surface area contributed by atoms with Gasteiger partial charge in [0.1, 0.15) is 5.82 Å². The Bertz CT molecular complexity index is 669. The van der Waals surface area contributed by atoms with Gasteiger partial charge in [0.2, 0.25) is 0 Å². The highest BCUT2D eigenvalue weighted by atomic mass is 19.4. The number of Topliss-reactive ketones (excluding diaryl/α,β-unsaturated/α-hetero) is 1. The Balaban J connectivity index is 2.23. The fourth-order valence-corrected chi connectivity index (χ4v) is 2.23. The molecule has 2 aromatic heterocycles. The Morgan fingerprint density at radius 3 is 2.52 bits per heavy atom. The van der Waals surface area contributed by atoms with E-state index in [2.05, 4.69) is 10.1 Å². The molecule has 0 aliphatic carbocycles. The maximum atomic E-state index is 12.6. The molecule has 0 aromatic carbocycles. The minimum atomic E-state index is -4.89. The maximum absolute atomic E-state index is 12.6. The summed E-state index contributed by atoms with van der Waals surface area (Å²) >= 11 is 0. The lowest BCUT2D eigenvalue weighted by Gasteiger charge is -2.07. The van der Waals surface area contributed by atoms with Crippen LogP contribution in [0, 0.1) is 13.8 Å². The first kappa shape index (κ1) is 15.3. The molecule has 0 spiro atoms. The van der Waals surface area contributed by atoms with E-state index in [0.29, 0.717) is 13.0 Å². The molecule has 2 rings (SSSR count). The number of rotatable bonds is 4. The van der Waals surface area contributed by atoms with E-state index in [9.17, 15) is 18.0 Å². The minimum Gasteiger partial charge on any atom is -0.338 e. The molecule has 21 heavy (non-hydrogen) atoms. The average molecular weight is 300 g/mol. The lowest BCUT2D eigenvalue weighted by Crippen LogP contribution is -2.24. The fourth-order valence-electron chi connectivity index (χ4n) is 2.23. The fraction of sp³-hybridized carbons (Fsp3) is 0.462. The number of aryl methyl sites for hydroxylation is 4. The van der Waals surface area contributed by atoms with Crippen LogP contribution in [-0.4, -0.2) is 31.3 Å². The Labute approximate surface area is 119 Å². The Morgan fingerprint density at radius 2 is 2.00 bits per heavy atom. The summed E-state index contributed by atoms with van der Waals surface area (Å²) in [6.07, 6.45) is -0.932. The third-order valence-corrected chi connectivity index (χ3v) is 3.33. The van der Waals surface area contributed by atoms with Crippen LogP contribution in [0.1, 0.15) is 27.6 Å². The Hall–Kier alpha value is -2.12. The molecule has 0 aliphatic rings. The maximum Gasteiger partial charge on any atom is 0.455 e. The van der Waals surface area contributed by atoms with Crippen LogP contribution in [0.5, 0.6) is 0 Å². The number of carbonyl (C=O) groups is 1. The van der Waals surface area contributed by atoms with E-state index in [4.69, 9.17) is 0 Å². The van der Waals surface area contributed by atoms with Crippen molar-refractivity contribution in [1.29, 1.82) is 0 Å². The van der Waals surface area contributed by atoms with Crippen molar-refractivity contribution in [2.75, 3.05) is 0 Å². The molecule has 0 amide bonds. The average Bonchev–Trinajstić information content (AvgIpc) is 2.89. The largest absolute Gasteiger partial charge is 0.455 e. The van der Waals surface area contributed by atoms with Gasteiger partial charge in [-0.1, -0.05) is 0 Å². The van der Waals surface area contributed by atoms with Gasteiger partial charge in [0.15, 0.2) is 0 Å². The van der Waals surface area contributed by atoms with Crippen LogP contribution in [0.2, 0.25) is 0 Å². The molecule has 0 atom stereocenters. The molecule has 0 aliphatic heterocycles. The molecule has 2 aromatic rings. The molecule has 0 N–H and O–H groups in total. The second kappa shape index (κ2) is 5.34. The Kier molecular flexibility index (Phi) is 3.89. The third-order valence-electron chi connectivity index (χ3n) is 3.33. The molecule has 8 heteroatoms. The molecule has 0 radical (unpaired) electrons. The highest BCUT2D eigenvalue weighted by Crippen LogP contribution is 2.25. The van der Waals surface area contributed by atoms with Crippen LogP contribution >= 0.6 is 0 Å². The lowest BCUT2D eigenvalue weighted by molar-refractivity contribution is -0.0886. The summed E-state index contributed by atoms with van der Waals surface area (Å²) in [6.45, 7) is 3.24. The highest BCUT2D eigenvalue weighted by Gasteiger charge is 2.42. The van der Waals surface area contributed by atoms with Gasteiger partial charge in [0.25, 0.3) is 5.78 Å². The van der Waals surface area contributed by atoms with Crippen LogP contribution in [-0.2, 0) is 20.0 Å². The standard InChI is InChI=1S/C13H15F3N4O/c1-8-11(12(21)13(14,15)16)9(2)20(18-8)6-4-10-17-5-7-19(10)3/h5,7H,4,6H2,1-3H3. The third kappa shape index (κ3) is 2.98. The second-order valence-corrected chi connectivity index (χ2v) is 4.80. The number of ketones is 1. The number of imidazole rings is 1. The SMILES string of the molecule is Cc1nn(CCc2nccn2C)c(C)c1C(=O)C(F)(F)F. The van der Waals surface area contributed by atoms with Gasteiger partial charge in [0, 0.05) is 38.1 Å². The number of carbonyl (C=O) groups excluding carboxylic acids is 1. The number of alkyl halides is 3. The van der Waals surface area contributed by atoms with Crippen molar-refractivity contribution in [1.82, 2.24) is 19.3 Å². The number of aromatic nitrogens is 4. The minimum absolute atomic E-state index is 0.0923. The van der Waals surface area contributed by atoms with E-state index in [1.54, 1.807) is 12.4 Å². The van der Waals surface area contributed by atoms with Crippen molar-refractivity contribution in [2.24, 2.45) is 7.05 Å². The van der Waals surface area contributed by atoms with Gasteiger partial charge in [-0.15, -0.1) is 0 Å². The molecule has 0 bridgehead atoms. The van der Waals surface area contributed by atoms with Crippen molar-refractivity contribution < 1.29 is 18.0 Å². The van der Waals surface area contributed by atoms with Crippen LogP contribution in [0.15, 0.2) is 12.4 Å². The number of nitrogens with zero attached hydrogens (tertiary/aromatic N) is 4. The van der Waals surface area contributed by atoms with E-state index in [0.717, 1.165) is 5.82 Å². The molecule has 2 heterocycles. The van der Waals surface area contributed by atoms with Crippen LogP contribution in [0.25, 0.3) is 0 Å². The first-order valence-electron chi connectivity index (χ1n) is 6.33. The van der Waals surface area contributed by atoms with Crippen LogP contribution in [0.4, 0.5) is 13.2 Å². The summed E-state index contributed by atoms with van der Waals surface area (Å²) in [5, 5.41) is 4.03. The predicted octanol–water partition coefficient (Wildman–Crippen LogP) is 2.22. The zero-order valence-electron chi connectivity index (χ0n) is 11.9. The number of hydrogen-bond donors (Lipinski definition) is 0. The summed E-state index contributed by atoms with van der Waals surface area (Å²) in [7, 11) is 1.84. The predicted molar refractivity (Wildman–Crippen MR) is 69.0 cm³/mol. The normalized spacial score (nSPS) is 11.9. The number of hydrogen-bond acceptors (Lipinski definition) is 3. The summed E-state index contributed by atoms with van der Waals surface area (Å²) in [5.41, 5.74) is -0.0407. The molecular weight excluding hydrogens is 285 g/mol. The molecule has 0 saturated carbocycles. The lowest BCUT2D eigenvalue weighted by atomic mass is 10.1. The van der Waals surface area contributed by atoms with E-state index >= 15 is 0 Å². The van der Waals surface area contributed by atoms with E-state index in [1.807, 2.05) is 11.6 Å². The summed E-state index contributed by atoms with van der Waals surface area (Å²) in [4.78, 5) is 15.6. The molecule has 0 saturated heterocycles. The van der Waals surface area contributed by atoms with Gasteiger partial charge in [-0.05, 0) is 13.8 Å². The first-order valence-corrected chi connectivity index (χ1v) is 6.33. The van der Waals surface area contributed by atoms with E-state index in [1.165, 1.54) is 18.5 Å². The summed E-state index contributed by atoms with van der Waals surface area (Å²) in [6, 6.07) is 0. The van der Waals surface area contributed by atoms with Crippen molar-refractivity contribution in [3.8, 4) is 0 Å². The van der Waals surface area contributed by atoms with Crippen molar-refractivity contribution in [3.63, 3.8) is 0 Å². The van der Waals surface area contributed by atoms with E-state index in [-0.39, 0.29) is 17.0 Å². The van der Waals surface area contributed by atoms with Crippen molar-refractivity contribution in [2.45, 2.75) is 33.0 Å². The zero-order chi connectivity index (χ0) is 15.8. The quantitative estimate of drug-likeness (QED) is 0.814. The van der Waals surface area contributed by atoms with E-state index < -0.39 is 12.0 Å². The molecule has 5 nitrogen and oxygen atoms in total. The topological polar surface area (TPSA) is 52.7 Å². The van der Waals surface area contributed by atoms with Crippen molar-refractivity contribution in [3.05, 3.63) is 35.2 Å². The van der Waals surface area contributed by atoms with Crippen LogP contribution in [0.3, 0.4) is 0 Å². The summed E-state index contributed by atoms with van der Waals surface area (Å²) in [5.74, 6) is -1.05. The van der Waals surface area contributed by atoms with Gasteiger partial charge in [-0.3, -0.25) is 9.48 Å². The van der Waals surface area contributed by atoms with Crippen molar-refractivity contribution >= 4 is 5.78 Å². The molecular formula is C13H15F3N4O. The van der Waals surface area contributed by atoms with Crippen LogP contribution < -0.4 is 0 Å².